The predicted octanol–water partition coefficient (Wildman–Crippen LogP) is 3.32. The third-order valence-corrected chi connectivity index (χ3v) is 3.64. The minimum Gasteiger partial charge on any atom is -0.491 e. The molecule has 1 fully saturated rings. The van der Waals surface area contributed by atoms with Crippen molar-refractivity contribution in [3.63, 3.8) is 0 Å². The van der Waals surface area contributed by atoms with Gasteiger partial charge in [-0.15, -0.1) is 0 Å². The van der Waals surface area contributed by atoms with Crippen molar-refractivity contribution in [2.45, 2.75) is 45.1 Å². The first kappa shape index (κ1) is 12.4. The van der Waals surface area contributed by atoms with Gasteiger partial charge in [0.25, 0.3) is 0 Å². The van der Waals surface area contributed by atoms with Gasteiger partial charge in [0.15, 0.2) is 0 Å². The van der Waals surface area contributed by atoms with E-state index in [1.165, 1.54) is 24.8 Å². The number of hydrogen-bond acceptors (Lipinski definition) is 2. The van der Waals surface area contributed by atoms with Gasteiger partial charge in [0.1, 0.15) is 5.75 Å². The van der Waals surface area contributed by atoms with Gasteiger partial charge in [0.05, 0.1) is 6.10 Å². The van der Waals surface area contributed by atoms with Crippen molar-refractivity contribution in [1.29, 1.82) is 0 Å². The Hall–Kier alpha value is -1.02. The van der Waals surface area contributed by atoms with Crippen LogP contribution in [0.2, 0.25) is 0 Å². The highest BCUT2D eigenvalue weighted by atomic mass is 16.5. The van der Waals surface area contributed by atoms with Crippen LogP contribution in [0.5, 0.6) is 5.75 Å². The summed E-state index contributed by atoms with van der Waals surface area (Å²) in [5.74, 6) is 2.30. The quantitative estimate of drug-likeness (QED) is 0.866. The van der Waals surface area contributed by atoms with Crippen LogP contribution in [0, 0.1) is 5.92 Å². The number of benzene rings is 1. The van der Waals surface area contributed by atoms with Crippen LogP contribution in [-0.2, 0) is 0 Å². The Morgan fingerprint density at radius 1 is 1.24 bits per heavy atom. The van der Waals surface area contributed by atoms with Gasteiger partial charge in [-0.25, -0.2) is 0 Å². The molecule has 0 amide bonds. The molecule has 17 heavy (non-hydrogen) atoms. The number of rotatable bonds is 4. The fourth-order valence-corrected chi connectivity index (χ4v) is 2.82. The average molecular weight is 233 g/mol. The number of ether oxygens (including phenoxy) is 1. The van der Waals surface area contributed by atoms with Gasteiger partial charge in [-0.05, 0) is 62.8 Å². The van der Waals surface area contributed by atoms with Crippen LogP contribution in [0.15, 0.2) is 24.3 Å². The molecule has 1 aliphatic rings. The summed E-state index contributed by atoms with van der Waals surface area (Å²) in [5.41, 5.74) is 7.26. The van der Waals surface area contributed by atoms with Crippen LogP contribution in [0.4, 0.5) is 0 Å². The molecular formula is C15H23NO. The lowest BCUT2D eigenvalue weighted by molar-refractivity contribution is 0.242. The van der Waals surface area contributed by atoms with Crippen molar-refractivity contribution < 1.29 is 4.74 Å². The Bertz CT molecular complexity index is 344. The monoisotopic (exact) mass is 233 g/mol. The first-order valence-corrected chi connectivity index (χ1v) is 6.67. The standard InChI is InChI=1S/C15H23NO/c1-11(2)17-14-8-6-12(7-9-14)15-5-3-4-13(15)10-16/h6-9,11,13,15H,3-5,10,16H2,1-2H3. The van der Waals surface area contributed by atoms with Crippen molar-refractivity contribution in [2.24, 2.45) is 11.7 Å². The van der Waals surface area contributed by atoms with Gasteiger partial charge in [0.2, 0.25) is 0 Å². The van der Waals surface area contributed by atoms with Gasteiger partial charge in [-0.2, -0.15) is 0 Å². The van der Waals surface area contributed by atoms with E-state index >= 15 is 0 Å². The van der Waals surface area contributed by atoms with Crippen LogP contribution in [0.25, 0.3) is 0 Å². The van der Waals surface area contributed by atoms with Gasteiger partial charge in [0, 0.05) is 0 Å². The van der Waals surface area contributed by atoms with Gasteiger partial charge >= 0.3 is 0 Å². The van der Waals surface area contributed by atoms with Crippen molar-refractivity contribution in [2.75, 3.05) is 6.54 Å². The lowest BCUT2D eigenvalue weighted by Crippen LogP contribution is -2.17. The first-order chi connectivity index (χ1) is 8.20. The van der Waals surface area contributed by atoms with Crippen molar-refractivity contribution in [3.05, 3.63) is 29.8 Å². The van der Waals surface area contributed by atoms with E-state index in [0.29, 0.717) is 11.8 Å². The lowest BCUT2D eigenvalue weighted by Gasteiger charge is -2.19. The van der Waals surface area contributed by atoms with E-state index in [9.17, 15) is 0 Å². The Morgan fingerprint density at radius 2 is 1.94 bits per heavy atom. The molecular weight excluding hydrogens is 210 g/mol. The molecule has 0 saturated heterocycles. The molecule has 2 atom stereocenters. The number of hydrogen-bond donors (Lipinski definition) is 1. The summed E-state index contributed by atoms with van der Waals surface area (Å²) in [7, 11) is 0. The molecule has 0 spiro atoms. The smallest absolute Gasteiger partial charge is 0.119 e. The van der Waals surface area contributed by atoms with E-state index in [2.05, 4.69) is 38.1 Å². The molecule has 1 aromatic carbocycles. The van der Waals surface area contributed by atoms with E-state index in [4.69, 9.17) is 10.5 Å². The second-order valence-electron chi connectivity index (χ2n) is 5.27. The van der Waals surface area contributed by atoms with Crippen molar-refractivity contribution >= 4 is 0 Å². The zero-order valence-electron chi connectivity index (χ0n) is 10.9. The van der Waals surface area contributed by atoms with Crippen LogP contribution in [0.1, 0.15) is 44.6 Å². The highest BCUT2D eigenvalue weighted by molar-refractivity contribution is 5.30. The number of nitrogens with two attached hydrogens (primary N) is 1. The highest BCUT2D eigenvalue weighted by Gasteiger charge is 2.27. The van der Waals surface area contributed by atoms with Gasteiger partial charge in [-0.3, -0.25) is 0 Å². The molecule has 1 saturated carbocycles. The van der Waals surface area contributed by atoms with Crippen LogP contribution in [-0.4, -0.2) is 12.6 Å². The topological polar surface area (TPSA) is 35.2 Å². The summed E-state index contributed by atoms with van der Waals surface area (Å²) >= 11 is 0. The zero-order valence-corrected chi connectivity index (χ0v) is 10.9. The summed E-state index contributed by atoms with van der Waals surface area (Å²) in [6.45, 7) is 4.92. The first-order valence-electron chi connectivity index (χ1n) is 6.67. The van der Waals surface area contributed by atoms with Crippen LogP contribution >= 0.6 is 0 Å². The Labute approximate surface area is 104 Å². The third kappa shape index (κ3) is 3.01. The normalized spacial score (nSPS) is 24.2. The molecule has 1 aliphatic carbocycles. The minimum absolute atomic E-state index is 0.240. The maximum absolute atomic E-state index is 5.83. The predicted molar refractivity (Wildman–Crippen MR) is 71.3 cm³/mol. The molecule has 0 heterocycles. The zero-order chi connectivity index (χ0) is 12.3. The largest absolute Gasteiger partial charge is 0.491 e. The summed E-state index contributed by atoms with van der Waals surface area (Å²) in [6, 6.07) is 8.58. The molecule has 0 aromatic heterocycles. The van der Waals surface area contributed by atoms with E-state index in [-0.39, 0.29) is 6.10 Å². The molecule has 2 heteroatoms. The van der Waals surface area contributed by atoms with E-state index in [0.717, 1.165) is 12.3 Å². The molecule has 2 nitrogen and oxygen atoms in total. The van der Waals surface area contributed by atoms with Gasteiger partial charge < -0.3 is 10.5 Å². The summed E-state index contributed by atoms with van der Waals surface area (Å²) in [4.78, 5) is 0. The summed E-state index contributed by atoms with van der Waals surface area (Å²) < 4.78 is 5.66. The average Bonchev–Trinajstić information content (AvgIpc) is 2.77. The van der Waals surface area contributed by atoms with Crippen LogP contribution < -0.4 is 10.5 Å². The molecule has 0 radical (unpaired) electrons. The summed E-state index contributed by atoms with van der Waals surface area (Å²) in [5, 5.41) is 0. The summed E-state index contributed by atoms with van der Waals surface area (Å²) in [6.07, 6.45) is 4.12. The highest BCUT2D eigenvalue weighted by Crippen LogP contribution is 2.39. The molecule has 0 aliphatic heterocycles. The van der Waals surface area contributed by atoms with E-state index in [1.54, 1.807) is 0 Å². The molecule has 2 unspecified atom stereocenters. The fourth-order valence-electron chi connectivity index (χ4n) is 2.82. The molecule has 0 bridgehead atoms. The fraction of sp³-hybridized carbons (Fsp3) is 0.600. The van der Waals surface area contributed by atoms with Crippen LogP contribution in [0.3, 0.4) is 0 Å². The minimum atomic E-state index is 0.240. The Balaban J connectivity index is 2.07. The van der Waals surface area contributed by atoms with Gasteiger partial charge in [-0.1, -0.05) is 18.6 Å². The molecule has 2 rings (SSSR count). The second kappa shape index (κ2) is 5.54. The molecule has 2 N–H and O–H groups in total. The van der Waals surface area contributed by atoms with Crippen molar-refractivity contribution in [3.8, 4) is 5.75 Å². The molecule has 94 valence electrons. The lowest BCUT2D eigenvalue weighted by atomic mass is 9.89. The maximum Gasteiger partial charge on any atom is 0.119 e. The van der Waals surface area contributed by atoms with Crippen molar-refractivity contribution in [1.82, 2.24) is 0 Å². The van der Waals surface area contributed by atoms with E-state index < -0.39 is 0 Å². The SMILES string of the molecule is CC(C)Oc1ccc(C2CCCC2CN)cc1. The Morgan fingerprint density at radius 3 is 2.53 bits per heavy atom. The molecule has 1 aromatic rings. The third-order valence-electron chi connectivity index (χ3n) is 3.64. The Kier molecular flexibility index (Phi) is 4.06. The second-order valence-corrected chi connectivity index (χ2v) is 5.27. The van der Waals surface area contributed by atoms with E-state index in [1.807, 2.05) is 0 Å². The maximum atomic E-state index is 5.83.